The summed E-state index contributed by atoms with van der Waals surface area (Å²) in [5, 5.41) is 9.26. The number of aromatic nitrogens is 5. The van der Waals surface area contributed by atoms with Crippen LogP contribution < -0.4 is 0 Å². The van der Waals surface area contributed by atoms with Crippen LogP contribution in [0.1, 0.15) is 52.3 Å². The van der Waals surface area contributed by atoms with Gasteiger partial charge in [-0.1, -0.05) is 5.16 Å². The molecule has 0 unspecified atom stereocenters. The summed E-state index contributed by atoms with van der Waals surface area (Å²) in [6.07, 6.45) is 1.76. The van der Waals surface area contributed by atoms with Gasteiger partial charge in [0, 0.05) is 26.2 Å². The van der Waals surface area contributed by atoms with E-state index in [1.165, 1.54) is 0 Å². The molecule has 4 heterocycles. The van der Waals surface area contributed by atoms with E-state index >= 15 is 0 Å². The summed E-state index contributed by atoms with van der Waals surface area (Å²) >= 11 is 0. The number of fused-ring (bicyclic) bond motifs is 1. The van der Waals surface area contributed by atoms with Crippen molar-refractivity contribution in [2.75, 3.05) is 6.54 Å². The van der Waals surface area contributed by atoms with Gasteiger partial charge >= 0.3 is 0 Å². The zero-order valence-electron chi connectivity index (χ0n) is 14.8. The molecule has 0 aliphatic carbocycles. The van der Waals surface area contributed by atoms with E-state index in [0.717, 1.165) is 35.3 Å². The maximum atomic E-state index is 13.3. The van der Waals surface area contributed by atoms with Crippen LogP contribution in [0.2, 0.25) is 0 Å². The Kier molecular flexibility index (Phi) is 3.55. The zero-order valence-corrected chi connectivity index (χ0v) is 14.8. The smallest absolute Gasteiger partial charge is 0.255 e. The van der Waals surface area contributed by atoms with Gasteiger partial charge < -0.3 is 9.42 Å². The SMILES string of the molecule is Cc1cc(C(=O)N2CCC[C@H]2c2noc(C)n2)c2c(C)nn(C)c2n1. The van der Waals surface area contributed by atoms with Crippen molar-refractivity contribution in [2.24, 2.45) is 7.05 Å². The highest BCUT2D eigenvalue weighted by atomic mass is 16.5. The van der Waals surface area contributed by atoms with Gasteiger partial charge in [0.2, 0.25) is 5.89 Å². The number of amides is 1. The molecule has 130 valence electrons. The summed E-state index contributed by atoms with van der Waals surface area (Å²) in [6.45, 7) is 6.23. The second-order valence-corrected chi connectivity index (χ2v) is 6.55. The van der Waals surface area contributed by atoms with Gasteiger partial charge in [-0.05, 0) is 32.8 Å². The number of pyridine rings is 1. The normalized spacial score (nSPS) is 17.6. The fraction of sp³-hybridized carbons (Fsp3) is 0.471. The van der Waals surface area contributed by atoms with Crippen LogP contribution >= 0.6 is 0 Å². The van der Waals surface area contributed by atoms with E-state index in [2.05, 4.69) is 20.2 Å². The first-order valence-electron chi connectivity index (χ1n) is 8.38. The van der Waals surface area contributed by atoms with Gasteiger partial charge in [0.05, 0.1) is 22.7 Å². The fourth-order valence-corrected chi connectivity index (χ4v) is 3.62. The van der Waals surface area contributed by atoms with Gasteiger partial charge in [-0.2, -0.15) is 10.1 Å². The van der Waals surface area contributed by atoms with Crippen molar-refractivity contribution in [3.8, 4) is 0 Å². The van der Waals surface area contributed by atoms with E-state index < -0.39 is 0 Å². The molecule has 0 aromatic carbocycles. The molecule has 1 fully saturated rings. The van der Waals surface area contributed by atoms with E-state index in [1.54, 1.807) is 11.6 Å². The lowest BCUT2D eigenvalue weighted by molar-refractivity contribution is 0.0730. The van der Waals surface area contributed by atoms with Gasteiger partial charge in [0.15, 0.2) is 11.5 Å². The molecule has 1 aliphatic heterocycles. The van der Waals surface area contributed by atoms with Crippen LogP contribution in [0.25, 0.3) is 11.0 Å². The second-order valence-electron chi connectivity index (χ2n) is 6.55. The number of carbonyl (C=O) groups is 1. The molecular weight excluding hydrogens is 320 g/mol. The molecule has 0 bridgehead atoms. The first-order valence-corrected chi connectivity index (χ1v) is 8.38. The maximum Gasteiger partial charge on any atom is 0.255 e. The molecule has 0 N–H and O–H groups in total. The second kappa shape index (κ2) is 5.65. The molecule has 3 aromatic heterocycles. The molecule has 1 aliphatic rings. The fourth-order valence-electron chi connectivity index (χ4n) is 3.62. The average molecular weight is 340 g/mol. The van der Waals surface area contributed by atoms with Gasteiger partial charge in [-0.15, -0.1) is 0 Å². The third-order valence-electron chi connectivity index (χ3n) is 4.68. The first-order chi connectivity index (χ1) is 12.0. The van der Waals surface area contributed by atoms with Gasteiger partial charge in [-0.25, -0.2) is 4.98 Å². The lowest BCUT2D eigenvalue weighted by atomic mass is 10.1. The highest BCUT2D eigenvalue weighted by molar-refractivity contribution is 6.06. The number of rotatable bonds is 2. The van der Waals surface area contributed by atoms with Crippen molar-refractivity contribution < 1.29 is 9.32 Å². The van der Waals surface area contributed by atoms with Crippen molar-refractivity contribution in [3.05, 3.63) is 34.7 Å². The molecule has 8 heteroatoms. The summed E-state index contributed by atoms with van der Waals surface area (Å²) in [6, 6.07) is 1.70. The number of hydrogen-bond acceptors (Lipinski definition) is 6. The summed E-state index contributed by atoms with van der Waals surface area (Å²) in [7, 11) is 1.84. The zero-order chi connectivity index (χ0) is 17.7. The van der Waals surface area contributed by atoms with Crippen LogP contribution in [0.5, 0.6) is 0 Å². The predicted octanol–water partition coefficient (Wildman–Crippen LogP) is 2.25. The molecular formula is C17H20N6O2. The molecule has 3 aromatic rings. The molecule has 4 rings (SSSR count). The third kappa shape index (κ3) is 2.48. The van der Waals surface area contributed by atoms with Crippen LogP contribution in [0.4, 0.5) is 0 Å². The Bertz CT molecular complexity index is 973. The minimum absolute atomic E-state index is 0.0310. The minimum Gasteiger partial charge on any atom is -0.340 e. The van der Waals surface area contributed by atoms with Crippen molar-refractivity contribution in [1.82, 2.24) is 29.8 Å². The Morgan fingerprint density at radius 2 is 2.08 bits per heavy atom. The monoisotopic (exact) mass is 340 g/mol. The van der Waals surface area contributed by atoms with Crippen LogP contribution in [-0.4, -0.2) is 42.3 Å². The standard InChI is InChI=1S/C17H20N6O2/c1-9-8-12(14-10(2)20-22(4)16(14)18-9)17(24)23-7-5-6-13(23)15-19-11(3)25-21-15/h8,13H,5-7H2,1-4H3/t13-/m0/s1. The van der Waals surface area contributed by atoms with Crippen LogP contribution in [0.15, 0.2) is 10.6 Å². The number of likely N-dealkylation sites (tertiary alicyclic amines) is 1. The van der Waals surface area contributed by atoms with E-state index in [9.17, 15) is 4.79 Å². The molecule has 1 saturated heterocycles. The summed E-state index contributed by atoms with van der Waals surface area (Å²) in [4.78, 5) is 24.0. The van der Waals surface area contributed by atoms with Gasteiger partial charge in [0.25, 0.3) is 5.91 Å². The third-order valence-corrected chi connectivity index (χ3v) is 4.68. The molecule has 0 spiro atoms. The largest absolute Gasteiger partial charge is 0.340 e. The number of hydrogen-bond donors (Lipinski definition) is 0. The molecule has 8 nitrogen and oxygen atoms in total. The van der Waals surface area contributed by atoms with Crippen molar-refractivity contribution >= 4 is 16.9 Å². The first kappa shape index (κ1) is 15.7. The molecule has 1 amide bonds. The lowest BCUT2D eigenvalue weighted by Crippen LogP contribution is -2.31. The molecule has 25 heavy (non-hydrogen) atoms. The van der Waals surface area contributed by atoms with Crippen molar-refractivity contribution in [1.29, 1.82) is 0 Å². The van der Waals surface area contributed by atoms with Crippen LogP contribution in [0, 0.1) is 20.8 Å². The predicted molar refractivity (Wildman–Crippen MR) is 90.0 cm³/mol. The van der Waals surface area contributed by atoms with E-state index in [4.69, 9.17) is 4.52 Å². The Hall–Kier alpha value is -2.77. The number of aryl methyl sites for hydroxylation is 4. The Morgan fingerprint density at radius 3 is 2.80 bits per heavy atom. The quantitative estimate of drug-likeness (QED) is 0.711. The number of carbonyl (C=O) groups excluding carboxylic acids is 1. The van der Waals surface area contributed by atoms with E-state index in [1.807, 2.05) is 31.9 Å². The Morgan fingerprint density at radius 1 is 1.28 bits per heavy atom. The minimum atomic E-state index is -0.148. The van der Waals surface area contributed by atoms with Crippen LogP contribution in [-0.2, 0) is 7.05 Å². The van der Waals surface area contributed by atoms with E-state index in [-0.39, 0.29) is 11.9 Å². The lowest BCUT2D eigenvalue weighted by Gasteiger charge is -2.22. The Labute approximate surface area is 144 Å². The van der Waals surface area contributed by atoms with Gasteiger partial charge in [0.1, 0.15) is 0 Å². The molecule has 1 atom stereocenters. The summed E-state index contributed by atoms with van der Waals surface area (Å²) in [5.41, 5.74) is 2.97. The highest BCUT2D eigenvalue weighted by Gasteiger charge is 2.35. The van der Waals surface area contributed by atoms with Crippen molar-refractivity contribution in [3.63, 3.8) is 0 Å². The maximum absolute atomic E-state index is 13.3. The van der Waals surface area contributed by atoms with Gasteiger partial charge in [-0.3, -0.25) is 9.48 Å². The van der Waals surface area contributed by atoms with Crippen LogP contribution in [0.3, 0.4) is 0 Å². The van der Waals surface area contributed by atoms with E-state index in [0.29, 0.717) is 23.8 Å². The highest BCUT2D eigenvalue weighted by Crippen LogP contribution is 2.33. The molecule has 0 radical (unpaired) electrons. The molecule has 0 saturated carbocycles. The number of nitrogens with zero attached hydrogens (tertiary/aromatic N) is 6. The topological polar surface area (TPSA) is 89.9 Å². The summed E-state index contributed by atoms with van der Waals surface area (Å²) in [5.74, 6) is 1.06. The van der Waals surface area contributed by atoms with Crippen molar-refractivity contribution in [2.45, 2.75) is 39.7 Å². The average Bonchev–Trinajstić information content (AvgIpc) is 3.26. The summed E-state index contributed by atoms with van der Waals surface area (Å²) < 4.78 is 6.82. The Balaban J connectivity index is 1.79.